The molecule has 0 aliphatic carbocycles. The lowest BCUT2D eigenvalue weighted by Crippen LogP contribution is -2.41. The maximum Gasteiger partial charge on any atom is 0.191 e. The summed E-state index contributed by atoms with van der Waals surface area (Å²) in [6.07, 6.45) is 0.782. The molecule has 0 atom stereocenters. The molecule has 96 valence electrons. The third-order valence-electron chi connectivity index (χ3n) is 3.55. The summed E-state index contributed by atoms with van der Waals surface area (Å²) in [7, 11) is -1.67. The molecule has 0 aliphatic rings. The van der Waals surface area contributed by atoms with Crippen LogP contribution in [-0.4, -0.2) is 14.9 Å². The van der Waals surface area contributed by atoms with Crippen molar-refractivity contribution in [1.82, 2.24) is 0 Å². The largest absolute Gasteiger partial charge is 0.416 e. The van der Waals surface area contributed by atoms with Crippen molar-refractivity contribution in [2.24, 2.45) is 0 Å². The quantitative estimate of drug-likeness (QED) is 0.724. The van der Waals surface area contributed by atoms with Crippen LogP contribution in [-0.2, 0) is 10.8 Å². The van der Waals surface area contributed by atoms with E-state index in [0.717, 1.165) is 12.0 Å². The van der Waals surface area contributed by atoms with Gasteiger partial charge in [-0.15, -0.1) is 0 Å². The highest BCUT2D eigenvalue weighted by atomic mass is 28.4. The van der Waals surface area contributed by atoms with Crippen LogP contribution in [0.25, 0.3) is 0 Å². The van der Waals surface area contributed by atoms with E-state index in [2.05, 4.69) is 33.9 Å². The summed E-state index contributed by atoms with van der Waals surface area (Å²) in [6, 6.07) is 6.74. The van der Waals surface area contributed by atoms with Crippen LogP contribution in [0.4, 0.5) is 4.39 Å². The van der Waals surface area contributed by atoms with Crippen molar-refractivity contribution in [3.8, 4) is 0 Å². The van der Waals surface area contributed by atoms with Gasteiger partial charge in [0.25, 0.3) is 0 Å². The zero-order valence-corrected chi connectivity index (χ0v) is 12.5. The summed E-state index contributed by atoms with van der Waals surface area (Å²) in [4.78, 5) is 0. The SMILES string of the molecule is CC(C)(C)[Si](C)(C)OCCc1cccc(F)c1. The van der Waals surface area contributed by atoms with Crippen molar-refractivity contribution < 1.29 is 8.82 Å². The molecule has 17 heavy (non-hydrogen) atoms. The van der Waals surface area contributed by atoms with Gasteiger partial charge < -0.3 is 4.43 Å². The van der Waals surface area contributed by atoms with E-state index in [1.165, 1.54) is 6.07 Å². The first-order valence-corrected chi connectivity index (χ1v) is 9.01. The summed E-state index contributed by atoms with van der Waals surface area (Å²) in [6.45, 7) is 11.8. The van der Waals surface area contributed by atoms with Crippen LogP contribution in [0.2, 0.25) is 18.1 Å². The monoisotopic (exact) mass is 254 g/mol. The zero-order valence-electron chi connectivity index (χ0n) is 11.5. The van der Waals surface area contributed by atoms with E-state index < -0.39 is 8.32 Å². The molecule has 0 fully saturated rings. The fourth-order valence-electron chi connectivity index (χ4n) is 1.33. The minimum atomic E-state index is -1.67. The van der Waals surface area contributed by atoms with Gasteiger partial charge in [-0.2, -0.15) is 0 Å². The minimum Gasteiger partial charge on any atom is -0.416 e. The predicted molar refractivity (Wildman–Crippen MR) is 73.3 cm³/mol. The normalized spacial score (nSPS) is 12.8. The lowest BCUT2D eigenvalue weighted by Gasteiger charge is -2.36. The Balaban J connectivity index is 2.48. The number of rotatable bonds is 4. The second kappa shape index (κ2) is 5.32. The van der Waals surface area contributed by atoms with E-state index in [9.17, 15) is 4.39 Å². The molecule has 0 bridgehead atoms. The molecule has 1 aromatic carbocycles. The smallest absolute Gasteiger partial charge is 0.191 e. The highest BCUT2D eigenvalue weighted by Crippen LogP contribution is 2.36. The number of benzene rings is 1. The van der Waals surface area contributed by atoms with Crippen LogP contribution < -0.4 is 0 Å². The molecule has 0 saturated carbocycles. The fraction of sp³-hybridized carbons (Fsp3) is 0.571. The van der Waals surface area contributed by atoms with Gasteiger partial charge in [0.2, 0.25) is 0 Å². The molecule has 0 amide bonds. The van der Waals surface area contributed by atoms with Gasteiger partial charge in [-0.3, -0.25) is 0 Å². The first-order chi connectivity index (χ1) is 7.72. The van der Waals surface area contributed by atoms with E-state index in [1.807, 2.05) is 6.07 Å². The maximum absolute atomic E-state index is 13.0. The molecule has 3 heteroatoms. The van der Waals surface area contributed by atoms with E-state index in [-0.39, 0.29) is 10.9 Å². The van der Waals surface area contributed by atoms with Gasteiger partial charge in [0.15, 0.2) is 8.32 Å². The lowest BCUT2D eigenvalue weighted by atomic mass is 10.2. The molecule has 0 spiro atoms. The van der Waals surface area contributed by atoms with Gasteiger partial charge in [0, 0.05) is 6.61 Å². The van der Waals surface area contributed by atoms with Gasteiger partial charge >= 0.3 is 0 Å². The van der Waals surface area contributed by atoms with E-state index in [0.29, 0.717) is 6.61 Å². The van der Waals surface area contributed by atoms with Gasteiger partial charge in [-0.25, -0.2) is 4.39 Å². The molecular weight excluding hydrogens is 231 g/mol. The first kappa shape index (κ1) is 14.4. The molecule has 0 heterocycles. The zero-order chi connectivity index (χ0) is 13.1. The Morgan fingerprint density at radius 3 is 2.41 bits per heavy atom. The second-order valence-electron chi connectivity index (χ2n) is 5.99. The van der Waals surface area contributed by atoms with Crippen LogP contribution in [0.3, 0.4) is 0 Å². The van der Waals surface area contributed by atoms with Crippen LogP contribution in [0.1, 0.15) is 26.3 Å². The molecule has 1 aromatic rings. The molecule has 0 aromatic heterocycles. The molecular formula is C14H23FOSi. The van der Waals surface area contributed by atoms with Gasteiger partial charge in [-0.1, -0.05) is 32.9 Å². The summed E-state index contributed by atoms with van der Waals surface area (Å²) in [5, 5.41) is 0.231. The Bertz CT molecular complexity index is 369. The topological polar surface area (TPSA) is 9.23 Å². The average Bonchev–Trinajstić information content (AvgIpc) is 2.15. The van der Waals surface area contributed by atoms with Crippen molar-refractivity contribution in [3.63, 3.8) is 0 Å². The maximum atomic E-state index is 13.0. The minimum absolute atomic E-state index is 0.171. The Hall–Kier alpha value is -0.673. The molecule has 0 aliphatic heterocycles. The number of hydrogen-bond donors (Lipinski definition) is 0. The van der Waals surface area contributed by atoms with Crippen LogP contribution >= 0.6 is 0 Å². The van der Waals surface area contributed by atoms with Crippen LogP contribution in [0.5, 0.6) is 0 Å². The van der Waals surface area contributed by atoms with Crippen molar-refractivity contribution in [1.29, 1.82) is 0 Å². The molecule has 0 unspecified atom stereocenters. The molecule has 0 N–H and O–H groups in total. The molecule has 1 nitrogen and oxygen atoms in total. The summed E-state index contributed by atoms with van der Waals surface area (Å²) in [5.74, 6) is -0.171. The van der Waals surface area contributed by atoms with E-state index >= 15 is 0 Å². The molecule has 1 rings (SSSR count). The Morgan fingerprint density at radius 2 is 1.88 bits per heavy atom. The Morgan fingerprint density at radius 1 is 1.24 bits per heavy atom. The third-order valence-corrected chi connectivity index (χ3v) is 8.09. The van der Waals surface area contributed by atoms with Crippen LogP contribution in [0.15, 0.2) is 24.3 Å². The lowest BCUT2D eigenvalue weighted by molar-refractivity contribution is 0.292. The molecule has 0 saturated heterocycles. The molecule has 0 radical (unpaired) electrons. The summed E-state index contributed by atoms with van der Waals surface area (Å²) in [5.41, 5.74) is 1.00. The van der Waals surface area contributed by atoms with Gasteiger partial charge in [0.05, 0.1) is 0 Å². The Labute approximate surface area is 105 Å². The van der Waals surface area contributed by atoms with Crippen LogP contribution in [0, 0.1) is 5.82 Å². The average molecular weight is 254 g/mol. The van der Waals surface area contributed by atoms with Crippen molar-refractivity contribution >= 4 is 8.32 Å². The number of hydrogen-bond acceptors (Lipinski definition) is 1. The number of halogens is 1. The van der Waals surface area contributed by atoms with Crippen molar-refractivity contribution in [2.75, 3.05) is 6.61 Å². The summed E-state index contributed by atoms with van der Waals surface area (Å²) >= 11 is 0. The second-order valence-corrected chi connectivity index (χ2v) is 10.8. The predicted octanol–water partition coefficient (Wildman–Crippen LogP) is 4.39. The standard InChI is InChI=1S/C14H23FOSi/c1-14(2,3)17(4,5)16-10-9-12-7-6-8-13(15)11-12/h6-8,11H,9-10H2,1-5H3. The fourth-order valence-corrected chi connectivity index (χ4v) is 2.38. The Kier molecular flexibility index (Phi) is 4.50. The van der Waals surface area contributed by atoms with Crippen molar-refractivity contribution in [2.45, 2.75) is 45.3 Å². The van der Waals surface area contributed by atoms with Crippen molar-refractivity contribution in [3.05, 3.63) is 35.6 Å². The highest BCUT2D eigenvalue weighted by molar-refractivity contribution is 6.74. The van der Waals surface area contributed by atoms with Gasteiger partial charge in [-0.05, 0) is 42.2 Å². The highest BCUT2D eigenvalue weighted by Gasteiger charge is 2.36. The third kappa shape index (κ3) is 4.24. The van der Waals surface area contributed by atoms with E-state index in [1.54, 1.807) is 12.1 Å². The van der Waals surface area contributed by atoms with Gasteiger partial charge in [0.1, 0.15) is 5.82 Å². The first-order valence-electron chi connectivity index (χ1n) is 6.11. The van der Waals surface area contributed by atoms with E-state index in [4.69, 9.17) is 4.43 Å². The summed E-state index contributed by atoms with van der Waals surface area (Å²) < 4.78 is 19.0.